The van der Waals surface area contributed by atoms with Crippen LogP contribution in [0, 0.1) is 0 Å². The second-order valence-electron chi connectivity index (χ2n) is 7.06. The number of ether oxygens (including phenoxy) is 1. The highest BCUT2D eigenvalue weighted by Gasteiger charge is 2.19. The summed E-state index contributed by atoms with van der Waals surface area (Å²) in [6.45, 7) is 1.93. The lowest BCUT2D eigenvalue weighted by atomic mass is 10.1. The van der Waals surface area contributed by atoms with Crippen molar-refractivity contribution < 1.29 is 22.1 Å². The molecule has 2 aromatic carbocycles. The van der Waals surface area contributed by atoms with Crippen molar-refractivity contribution in [3.63, 3.8) is 0 Å². The molecule has 1 N–H and O–H groups in total. The van der Waals surface area contributed by atoms with Crippen LogP contribution in [-0.4, -0.2) is 36.9 Å². The van der Waals surface area contributed by atoms with E-state index in [1.54, 1.807) is 41.8 Å². The van der Waals surface area contributed by atoms with E-state index in [9.17, 15) is 13.2 Å². The fourth-order valence-electron chi connectivity index (χ4n) is 3.20. The van der Waals surface area contributed by atoms with E-state index >= 15 is 0 Å². The summed E-state index contributed by atoms with van der Waals surface area (Å²) in [5.41, 5.74) is 1.82. The van der Waals surface area contributed by atoms with Crippen LogP contribution in [0.2, 0.25) is 10.0 Å². The SMILES string of the molecule is CCOC(=O)CNc1c(-c2ccc(OS(=O)(=O)c3ccc(Cl)cc3)cc2)nc2ccc(Cl)cn12. The number of carbonyl (C=O) groups excluding carboxylic acids is 1. The molecule has 0 spiro atoms. The molecule has 0 aliphatic heterocycles. The number of anilines is 1. The lowest BCUT2D eigenvalue weighted by Crippen LogP contribution is -2.17. The molecule has 34 heavy (non-hydrogen) atoms. The number of carbonyl (C=O) groups is 1. The number of hydrogen-bond acceptors (Lipinski definition) is 7. The van der Waals surface area contributed by atoms with E-state index in [4.69, 9.17) is 32.1 Å². The Hall–Kier alpha value is -3.27. The van der Waals surface area contributed by atoms with Gasteiger partial charge in [-0.2, -0.15) is 8.42 Å². The summed E-state index contributed by atoms with van der Waals surface area (Å²) >= 11 is 12.0. The van der Waals surface area contributed by atoms with Crippen LogP contribution >= 0.6 is 23.2 Å². The minimum Gasteiger partial charge on any atom is -0.465 e. The monoisotopic (exact) mass is 519 g/mol. The summed E-state index contributed by atoms with van der Waals surface area (Å²) < 4.78 is 37.0. The Kier molecular flexibility index (Phi) is 6.97. The minimum atomic E-state index is -4.02. The number of nitrogens with zero attached hydrogens (tertiary/aromatic N) is 2. The summed E-state index contributed by atoms with van der Waals surface area (Å²) in [6.07, 6.45) is 1.68. The van der Waals surface area contributed by atoms with Gasteiger partial charge in [0, 0.05) is 16.8 Å². The lowest BCUT2D eigenvalue weighted by Gasteiger charge is -2.10. The number of aromatic nitrogens is 2. The number of pyridine rings is 1. The number of esters is 1. The van der Waals surface area contributed by atoms with Crippen LogP contribution in [0.15, 0.2) is 71.8 Å². The molecule has 0 unspecified atom stereocenters. The molecular formula is C23H19Cl2N3O5S. The summed E-state index contributed by atoms with van der Waals surface area (Å²) in [6, 6.07) is 15.5. The largest absolute Gasteiger partial charge is 0.465 e. The first-order valence-corrected chi connectivity index (χ1v) is 12.3. The smallest absolute Gasteiger partial charge is 0.339 e. The molecule has 2 heterocycles. The highest BCUT2D eigenvalue weighted by Crippen LogP contribution is 2.31. The molecule has 11 heteroatoms. The zero-order chi connectivity index (χ0) is 24.3. The van der Waals surface area contributed by atoms with Gasteiger partial charge in [0.2, 0.25) is 0 Å². The summed E-state index contributed by atoms with van der Waals surface area (Å²) in [5, 5.41) is 3.97. The van der Waals surface area contributed by atoms with Gasteiger partial charge in [-0.15, -0.1) is 0 Å². The molecule has 0 aliphatic rings. The molecule has 0 bridgehead atoms. The highest BCUT2D eigenvalue weighted by atomic mass is 35.5. The van der Waals surface area contributed by atoms with Gasteiger partial charge in [-0.3, -0.25) is 9.20 Å². The molecule has 176 valence electrons. The van der Waals surface area contributed by atoms with Crippen molar-refractivity contribution in [3.05, 3.63) is 76.9 Å². The fourth-order valence-corrected chi connectivity index (χ4v) is 4.42. The topological polar surface area (TPSA) is 99.0 Å². The number of nitrogens with one attached hydrogen (secondary N) is 1. The van der Waals surface area contributed by atoms with Gasteiger partial charge in [0.05, 0.1) is 11.6 Å². The Labute approximate surface area is 206 Å². The maximum absolute atomic E-state index is 12.5. The van der Waals surface area contributed by atoms with Gasteiger partial charge in [-0.25, -0.2) is 4.98 Å². The number of imidazole rings is 1. The third kappa shape index (κ3) is 5.27. The summed E-state index contributed by atoms with van der Waals surface area (Å²) in [7, 11) is -4.02. The molecular weight excluding hydrogens is 501 g/mol. The van der Waals surface area contributed by atoms with Crippen LogP contribution in [0.4, 0.5) is 5.82 Å². The Morgan fingerprint density at radius 3 is 2.35 bits per heavy atom. The standard InChI is InChI=1S/C23H19Cl2N3O5S/c1-2-32-21(29)13-26-23-22(27-20-12-7-17(25)14-28(20)23)15-3-8-18(9-4-15)33-34(30,31)19-10-5-16(24)6-11-19/h3-12,14,26H,2,13H2,1H3. The first kappa shape index (κ1) is 23.9. The van der Waals surface area contributed by atoms with E-state index in [1.807, 2.05) is 0 Å². The number of halogens is 2. The molecule has 4 rings (SSSR count). The quantitative estimate of drug-likeness (QED) is 0.256. The molecule has 0 radical (unpaired) electrons. The fraction of sp³-hybridized carbons (Fsp3) is 0.130. The maximum atomic E-state index is 12.5. The van der Waals surface area contributed by atoms with Gasteiger partial charge in [-0.05, 0) is 67.6 Å². The van der Waals surface area contributed by atoms with Crippen molar-refractivity contribution >= 4 is 50.8 Å². The molecule has 0 saturated heterocycles. The van der Waals surface area contributed by atoms with Gasteiger partial charge in [0.25, 0.3) is 0 Å². The van der Waals surface area contributed by atoms with Gasteiger partial charge in [0.15, 0.2) is 0 Å². The van der Waals surface area contributed by atoms with E-state index in [2.05, 4.69) is 10.3 Å². The van der Waals surface area contributed by atoms with Crippen molar-refractivity contribution in [2.75, 3.05) is 18.5 Å². The Bertz CT molecular complexity index is 1440. The van der Waals surface area contributed by atoms with Crippen LogP contribution < -0.4 is 9.50 Å². The molecule has 4 aromatic rings. The lowest BCUT2D eigenvalue weighted by molar-refractivity contribution is -0.140. The maximum Gasteiger partial charge on any atom is 0.339 e. The van der Waals surface area contributed by atoms with Crippen LogP contribution in [0.5, 0.6) is 5.75 Å². The first-order valence-electron chi connectivity index (χ1n) is 10.1. The predicted molar refractivity (Wildman–Crippen MR) is 130 cm³/mol. The summed E-state index contributed by atoms with van der Waals surface area (Å²) in [4.78, 5) is 16.5. The van der Waals surface area contributed by atoms with E-state index in [-0.39, 0.29) is 23.8 Å². The molecule has 2 aromatic heterocycles. The Morgan fingerprint density at radius 1 is 1.00 bits per heavy atom. The third-order valence-corrected chi connectivity index (χ3v) is 6.46. The zero-order valence-electron chi connectivity index (χ0n) is 17.9. The number of hydrogen-bond donors (Lipinski definition) is 1. The van der Waals surface area contributed by atoms with Crippen molar-refractivity contribution in [1.82, 2.24) is 9.38 Å². The molecule has 8 nitrogen and oxygen atoms in total. The van der Waals surface area contributed by atoms with Crippen molar-refractivity contribution in [3.8, 4) is 17.0 Å². The van der Waals surface area contributed by atoms with Gasteiger partial charge < -0.3 is 14.2 Å². The Morgan fingerprint density at radius 2 is 1.68 bits per heavy atom. The van der Waals surface area contributed by atoms with Crippen molar-refractivity contribution in [1.29, 1.82) is 0 Å². The van der Waals surface area contributed by atoms with Crippen LogP contribution in [0.3, 0.4) is 0 Å². The number of fused-ring (bicyclic) bond motifs is 1. The molecule has 0 fully saturated rings. The number of rotatable bonds is 8. The van der Waals surface area contributed by atoms with Gasteiger partial charge in [0.1, 0.15) is 34.3 Å². The Balaban J connectivity index is 1.63. The second-order valence-corrected chi connectivity index (χ2v) is 9.48. The van der Waals surface area contributed by atoms with E-state index < -0.39 is 16.1 Å². The zero-order valence-corrected chi connectivity index (χ0v) is 20.2. The average Bonchev–Trinajstić information content (AvgIpc) is 3.16. The highest BCUT2D eigenvalue weighted by molar-refractivity contribution is 7.87. The van der Waals surface area contributed by atoms with E-state index in [1.165, 1.54) is 36.4 Å². The third-order valence-electron chi connectivity index (χ3n) is 4.72. The molecule has 0 saturated carbocycles. The number of benzene rings is 2. The van der Waals surface area contributed by atoms with Gasteiger partial charge in [-0.1, -0.05) is 23.2 Å². The van der Waals surface area contributed by atoms with Gasteiger partial charge >= 0.3 is 16.1 Å². The van der Waals surface area contributed by atoms with E-state index in [0.717, 1.165) is 0 Å². The second kappa shape index (κ2) is 9.92. The van der Waals surface area contributed by atoms with E-state index in [0.29, 0.717) is 32.8 Å². The van der Waals surface area contributed by atoms with Crippen LogP contribution in [0.1, 0.15) is 6.92 Å². The minimum absolute atomic E-state index is 0.0105. The molecule has 0 amide bonds. The van der Waals surface area contributed by atoms with Crippen molar-refractivity contribution in [2.45, 2.75) is 11.8 Å². The van der Waals surface area contributed by atoms with Crippen molar-refractivity contribution in [2.24, 2.45) is 0 Å². The summed E-state index contributed by atoms with van der Waals surface area (Å²) in [5.74, 6) is 0.251. The normalized spacial score (nSPS) is 11.4. The average molecular weight is 520 g/mol. The van der Waals surface area contributed by atoms with Crippen LogP contribution in [0.25, 0.3) is 16.9 Å². The molecule has 0 atom stereocenters. The predicted octanol–water partition coefficient (Wildman–Crippen LogP) is 5.05. The van der Waals surface area contributed by atoms with Crippen LogP contribution in [-0.2, 0) is 19.6 Å². The molecule has 0 aliphatic carbocycles. The first-order chi connectivity index (χ1) is 16.3.